The number of hydrogen-bond acceptors (Lipinski definition) is 3. The first-order valence-corrected chi connectivity index (χ1v) is 11.2. The number of ether oxygens (including phenoxy) is 1. The Kier molecular flexibility index (Phi) is 5.32. The van der Waals surface area contributed by atoms with E-state index in [0.29, 0.717) is 17.6 Å². The van der Waals surface area contributed by atoms with Crippen LogP contribution in [0.2, 0.25) is 0 Å². The molecule has 0 spiro atoms. The predicted molar refractivity (Wildman–Crippen MR) is 108 cm³/mol. The van der Waals surface area contributed by atoms with Crippen LogP contribution in [0.1, 0.15) is 50.5 Å². The maximum Gasteiger partial charge on any atom is 0.343 e. The highest BCUT2D eigenvalue weighted by atomic mass is 79.9. The van der Waals surface area contributed by atoms with Crippen LogP contribution in [0.25, 0.3) is 0 Å². The van der Waals surface area contributed by atoms with Crippen molar-refractivity contribution < 1.29 is 27.9 Å². The topological polar surface area (TPSA) is 46.5 Å². The molecule has 1 aromatic carbocycles. The summed E-state index contributed by atoms with van der Waals surface area (Å²) in [5, 5.41) is 11.5. The maximum absolute atomic E-state index is 14.0. The summed E-state index contributed by atoms with van der Waals surface area (Å²) in [5.74, 6) is -4.50. The minimum Gasteiger partial charge on any atom is -0.459 e. The lowest BCUT2D eigenvalue weighted by Gasteiger charge is -2.44. The molecule has 3 fully saturated rings. The van der Waals surface area contributed by atoms with Crippen molar-refractivity contribution in [2.45, 2.75) is 74.7 Å². The van der Waals surface area contributed by atoms with Gasteiger partial charge in [-0.2, -0.15) is 0 Å². The summed E-state index contributed by atoms with van der Waals surface area (Å²) in [4.78, 5) is 13.3. The van der Waals surface area contributed by atoms with Gasteiger partial charge in [-0.25, -0.2) is 13.6 Å². The van der Waals surface area contributed by atoms with Gasteiger partial charge < -0.3 is 14.3 Å². The largest absolute Gasteiger partial charge is 0.459 e. The Labute approximate surface area is 178 Å². The number of piperidine rings is 1. The van der Waals surface area contributed by atoms with E-state index < -0.39 is 29.8 Å². The minimum absolute atomic E-state index is 0.0918. The molecular formula is C22H29BrF2NO3+. The van der Waals surface area contributed by atoms with Crippen LogP contribution < -0.4 is 0 Å². The van der Waals surface area contributed by atoms with Crippen molar-refractivity contribution in [1.29, 1.82) is 0 Å². The first-order valence-electron chi connectivity index (χ1n) is 10.4. The van der Waals surface area contributed by atoms with Gasteiger partial charge in [0, 0.05) is 48.9 Å². The third-order valence-electron chi connectivity index (χ3n) is 7.65. The van der Waals surface area contributed by atoms with Gasteiger partial charge in [0.2, 0.25) is 5.92 Å². The van der Waals surface area contributed by atoms with Gasteiger partial charge in [0.05, 0.1) is 26.2 Å². The predicted octanol–water partition coefficient (Wildman–Crippen LogP) is 4.39. The first-order chi connectivity index (χ1) is 13.5. The Morgan fingerprint density at radius 1 is 1.17 bits per heavy atom. The zero-order valence-electron chi connectivity index (χ0n) is 16.9. The molecule has 3 aliphatic rings. The Hall–Kier alpha value is -1.05. The van der Waals surface area contributed by atoms with Crippen LogP contribution in [-0.4, -0.2) is 53.8 Å². The summed E-state index contributed by atoms with van der Waals surface area (Å²) in [5.41, 5.74) is -1.73. The average molecular weight is 473 g/mol. The highest BCUT2D eigenvalue weighted by molar-refractivity contribution is 9.10. The Balaban J connectivity index is 1.58. The Morgan fingerprint density at radius 3 is 2.28 bits per heavy atom. The third-order valence-corrected chi connectivity index (χ3v) is 8.18. The summed E-state index contributed by atoms with van der Waals surface area (Å²) < 4.78 is 35.5. The fourth-order valence-electron chi connectivity index (χ4n) is 5.70. The molecule has 1 N–H and O–H groups in total. The van der Waals surface area contributed by atoms with Crippen molar-refractivity contribution in [1.82, 2.24) is 0 Å². The Bertz CT molecular complexity index is 769. The second-order valence-corrected chi connectivity index (χ2v) is 10.5. The number of carbonyl (C=O) groups is 1. The average Bonchev–Trinajstić information content (AvgIpc) is 3.04. The second-order valence-electron chi connectivity index (χ2n) is 9.58. The molecule has 1 aromatic rings. The first kappa shape index (κ1) is 21.2. The van der Waals surface area contributed by atoms with E-state index in [9.17, 15) is 18.7 Å². The number of hydrogen-bond donors (Lipinski definition) is 1. The molecule has 2 aliphatic heterocycles. The lowest BCUT2D eigenvalue weighted by molar-refractivity contribution is -0.931. The van der Waals surface area contributed by atoms with Gasteiger partial charge in [-0.15, -0.1) is 0 Å². The van der Waals surface area contributed by atoms with Crippen molar-refractivity contribution in [3.63, 3.8) is 0 Å². The van der Waals surface area contributed by atoms with E-state index in [1.165, 1.54) is 0 Å². The van der Waals surface area contributed by atoms with Crippen LogP contribution in [-0.2, 0) is 15.1 Å². The lowest BCUT2D eigenvalue weighted by atomic mass is 9.80. The summed E-state index contributed by atoms with van der Waals surface area (Å²) in [6.45, 7) is 0. The molecule has 2 bridgehead atoms. The van der Waals surface area contributed by atoms with E-state index in [1.54, 1.807) is 24.3 Å². The normalized spacial score (nSPS) is 34.6. The fraction of sp³-hybridized carbons (Fsp3) is 0.682. The highest BCUT2D eigenvalue weighted by Crippen LogP contribution is 2.49. The molecule has 2 heterocycles. The van der Waals surface area contributed by atoms with Crippen LogP contribution in [0.15, 0.2) is 28.7 Å². The van der Waals surface area contributed by atoms with Crippen LogP contribution >= 0.6 is 15.9 Å². The molecule has 5 atom stereocenters. The van der Waals surface area contributed by atoms with Gasteiger partial charge in [-0.3, -0.25) is 0 Å². The SMILES string of the molecule is C[N+]1(C)[C@@H]2CC[C@H]1CC(OC(=O)[C@](O)(c1ccc(Br)cc1)[C@@H]1CCC(F)(F)C1)C2. The van der Waals surface area contributed by atoms with E-state index in [4.69, 9.17) is 4.74 Å². The van der Waals surface area contributed by atoms with E-state index in [2.05, 4.69) is 30.0 Å². The van der Waals surface area contributed by atoms with Gasteiger partial charge in [0.25, 0.3) is 0 Å². The molecule has 4 nitrogen and oxygen atoms in total. The lowest BCUT2D eigenvalue weighted by Crippen LogP contribution is -2.57. The standard InChI is InChI=1S/C22H29BrF2NO3/c1-26(2)17-7-8-18(26)12-19(11-17)29-20(27)22(28,14-3-5-16(23)6-4-14)15-9-10-21(24,25)13-15/h3-6,15,17-19,28H,7-13H2,1-2H3/q+1/t15-,17-,18+,19?,22+/m1/s1. The number of nitrogens with zero attached hydrogens (tertiary/aromatic N) is 1. The second kappa shape index (κ2) is 7.27. The molecule has 4 rings (SSSR count). The van der Waals surface area contributed by atoms with Crippen LogP contribution in [0.3, 0.4) is 0 Å². The summed E-state index contributed by atoms with van der Waals surface area (Å²) in [6, 6.07) is 7.52. The molecule has 1 unspecified atom stereocenters. The molecule has 0 aromatic heterocycles. The van der Waals surface area contributed by atoms with Crippen molar-refractivity contribution in [3.05, 3.63) is 34.3 Å². The monoisotopic (exact) mass is 472 g/mol. The minimum atomic E-state index is -2.86. The molecule has 1 aliphatic carbocycles. The zero-order chi connectivity index (χ0) is 21.0. The smallest absolute Gasteiger partial charge is 0.343 e. The van der Waals surface area contributed by atoms with Crippen LogP contribution in [0, 0.1) is 5.92 Å². The molecule has 7 heteroatoms. The van der Waals surface area contributed by atoms with Crippen LogP contribution in [0.5, 0.6) is 0 Å². The summed E-state index contributed by atoms with van der Waals surface area (Å²) in [7, 11) is 4.44. The van der Waals surface area contributed by atoms with E-state index >= 15 is 0 Å². The summed E-state index contributed by atoms with van der Waals surface area (Å²) in [6.07, 6.45) is 2.73. The number of quaternary nitrogens is 1. The quantitative estimate of drug-likeness (QED) is 0.522. The number of alkyl halides is 2. The Morgan fingerprint density at radius 2 is 1.76 bits per heavy atom. The van der Waals surface area contributed by atoms with Gasteiger partial charge in [-0.05, 0) is 24.1 Å². The number of aliphatic hydroxyl groups is 1. The molecule has 29 heavy (non-hydrogen) atoms. The van der Waals surface area contributed by atoms with Crippen molar-refractivity contribution in [2.75, 3.05) is 14.1 Å². The van der Waals surface area contributed by atoms with Crippen LogP contribution in [0.4, 0.5) is 8.78 Å². The highest BCUT2D eigenvalue weighted by Gasteiger charge is 2.56. The number of rotatable bonds is 4. The zero-order valence-corrected chi connectivity index (χ0v) is 18.5. The molecule has 0 radical (unpaired) electrons. The van der Waals surface area contributed by atoms with E-state index in [-0.39, 0.29) is 18.9 Å². The molecule has 160 valence electrons. The number of benzene rings is 1. The molecule has 1 saturated carbocycles. The number of carbonyl (C=O) groups excluding carboxylic acids is 1. The third kappa shape index (κ3) is 3.74. The van der Waals surface area contributed by atoms with Gasteiger partial charge >= 0.3 is 5.97 Å². The summed E-state index contributed by atoms with van der Waals surface area (Å²) >= 11 is 3.34. The number of halogens is 3. The van der Waals surface area contributed by atoms with E-state index in [0.717, 1.165) is 34.6 Å². The molecule has 2 saturated heterocycles. The van der Waals surface area contributed by atoms with Gasteiger partial charge in [0.1, 0.15) is 6.10 Å². The van der Waals surface area contributed by atoms with Crippen molar-refractivity contribution in [3.8, 4) is 0 Å². The molecule has 0 amide bonds. The molecular weight excluding hydrogens is 444 g/mol. The number of esters is 1. The van der Waals surface area contributed by atoms with Crippen molar-refractivity contribution in [2.24, 2.45) is 5.92 Å². The van der Waals surface area contributed by atoms with E-state index in [1.807, 2.05) is 0 Å². The maximum atomic E-state index is 14.0. The van der Waals surface area contributed by atoms with Gasteiger partial charge in [-0.1, -0.05) is 28.1 Å². The fourth-order valence-corrected chi connectivity index (χ4v) is 5.96. The van der Waals surface area contributed by atoms with Gasteiger partial charge in [0.15, 0.2) is 5.60 Å². The van der Waals surface area contributed by atoms with Crippen molar-refractivity contribution >= 4 is 21.9 Å². The number of fused-ring (bicyclic) bond motifs is 2.